The topological polar surface area (TPSA) is 46.3 Å². The summed E-state index contributed by atoms with van der Waals surface area (Å²) in [5, 5.41) is 0. The molecule has 0 heterocycles. The summed E-state index contributed by atoms with van der Waals surface area (Å²) in [5.74, 6) is -0.357. The molecule has 22 heavy (non-hydrogen) atoms. The first-order valence-electron chi connectivity index (χ1n) is 7.96. The smallest absolute Gasteiger partial charge is 0.257 e. The molecule has 1 amide bonds. The average Bonchev–Trinajstić information content (AvgIpc) is 2.52. The molecule has 3 nitrogen and oxygen atoms in total. The SMILES string of the molecule is CCCCCCCN(C)/C(=C(\SC)C(N)=O)c1ccccc1. The van der Waals surface area contributed by atoms with Crippen molar-refractivity contribution in [2.75, 3.05) is 19.8 Å². The second kappa shape index (κ2) is 10.3. The van der Waals surface area contributed by atoms with Gasteiger partial charge in [-0.05, 0) is 18.2 Å². The molecule has 0 saturated carbocycles. The zero-order valence-electron chi connectivity index (χ0n) is 14.0. The van der Waals surface area contributed by atoms with Crippen molar-refractivity contribution in [3.05, 3.63) is 40.8 Å². The van der Waals surface area contributed by atoms with Gasteiger partial charge in [0.15, 0.2) is 0 Å². The summed E-state index contributed by atoms with van der Waals surface area (Å²) in [6.07, 6.45) is 8.09. The first-order chi connectivity index (χ1) is 10.6. The molecule has 122 valence electrons. The maximum atomic E-state index is 11.8. The normalized spacial score (nSPS) is 12.0. The Morgan fingerprint density at radius 2 is 1.77 bits per heavy atom. The first-order valence-corrected chi connectivity index (χ1v) is 9.18. The fourth-order valence-electron chi connectivity index (χ4n) is 2.50. The molecule has 1 rings (SSSR count). The monoisotopic (exact) mass is 320 g/mol. The van der Waals surface area contributed by atoms with E-state index in [9.17, 15) is 4.79 Å². The number of carbonyl (C=O) groups excluding carboxylic acids is 1. The second-order valence-electron chi connectivity index (χ2n) is 5.45. The number of hydrogen-bond acceptors (Lipinski definition) is 3. The third kappa shape index (κ3) is 5.76. The van der Waals surface area contributed by atoms with Crippen molar-refractivity contribution in [2.45, 2.75) is 39.0 Å². The van der Waals surface area contributed by atoms with Gasteiger partial charge in [-0.3, -0.25) is 4.79 Å². The Kier molecular flexibility index (Phi) is 8.75. The molecule has 0 atom stereocenters. The van der Waals surface area contributed by atoms with Gasteiger partial charge in [-0.2, -0.15) is 0 Å². The fraction of sp³-hybridized carbons (Fsp3) is 0.500. The third-order valence-corrected chi connectivity index (χ3v) is 4.47. The lowest BCUT2D eigenvalue weighted by molar-refractivity contribution is -0.113. The van der Waals surface area contributed by atoms with Crippen LogP contribution in [0.2, 0.25) is 0 Å². The Balaban J connectivity index is 2.89. The number of hydrogen-bond donors (Lipinski definition) is 1. The molecular weight excluding hydrogens is 292 g/mol. The lowest BCUT2D eigenvalue weighted by Crippen LogP contribution is -2.23. The molecule has 0 radical (unpaired) electrons. The summed E-state index contributed by atoms with van der Waals surface area (Å²) in [6.45, 7) is 3.16. The van der Waals surface area contributed by atoms with Crippen molar-refractivity contribution in [3.8, 4) is 0 Å². The number of amides is 1. The van der Waals surface area contributed by atoms with Crippen LogP contribution < -0.4 is 5.73 Å². The summed E-state index contributed by atoms with van der Waals surface area (Å²) < 4.78 is 0. The minimum Gasteiger partial charge on any atom is -0.373 e. The van der Waals surface area contributed by atoms with Crippen molar-refractivity contribution < 1.29 is 4.79 Å². The summed E-state index contributed by atoms with van der Waals surface area (Å²) in [6, 6.07) is 10.0. The molecule has 1 aromatic rings. The van der Waals surface area contributed by atoms with Gasteiger partial charge in [0.2, 0.25) is 0 Å². The molecule has 0 aliphatic heterocycles. The standard InChI is InChI=1S/C18H28N2OS/c1-4-5-6-7-11-14-20(2)16(17(22-3)18(19)21)15-12-9-8-10-13-15/h8-10,12-13H,4-7,11,14H2,1-3H3,(H2,19,21)/b17-16-. The second-order valence-corrected chi connectivity index (χ2v) is 6.26. The van der Waals surface area contributed by atoms with Gasteiger partial charge >= 0.3 is 0 Å². The number of benzene rings is 1. The molecule has 4 heteroatoms. The number of thioether (sulfide) groups is 1. The lowest BCUT2D eigenvalue weighted by atomic mass is 10.1. The van der Waals surface area contributed by atoms with E-state index < -0.39 is 0 Å². The number of carbonyl (C=O) groups is 1. The van der Waals surface area contributed by atoms with E-state index in [1.54, 1.807) is 0 Å². The van der Waals surface area contributed by atoms with Crippen LogP contribution in [0.3, 0.4) is 0 Å². The highest BCUT2D eigenvalue weighted by Crippen LogP contribution is 2.28. The Hall–Kier alpha value is -1.42. The molecule has 0 aliphatic rings. The predicted molar refractivity (Wildman–Crippen MR) is 97.5 cm³/mol. The maximum absolute atomic E-state index is 11.8. The lowest BCUT2D eigenvalue weighted by Gasteiger charge is -2.25. The molecule has 0 unspecified atom stereocenters. The molecule has 0 saturated heterocycles. The Morgan fingerprint density at radius 1 is 1.14 bits per heavy atom. The number of primary amides is 1. The van der Waals surface area contributed by atoms with Crippen LogP contribution >= 0.6 is 11.8 Å². The van der Waals surface area contributed by atoms with Gasteiger partial charge in [0.05, 0.1) is 10.6 Å². The molecular formula is C18H28N2OS. The van der Waals surface area contributed by atoms with Crippen LogP contribution in [0.5, 0.6) is 0 Å². The minimum atomic E-state index is -0.357. The Morgan fingerprint density at radius 3 is 2.32 bits per heavy atom. The van der Waals surface area contributed by atoms with E-state index in [1.807, 2.05) is 43.6 Å². The summed E-state index contributed by atoms with van der Waals surface area (Å²) in [4.78, 5) is 14.6. The first kappa shape index (κ1) is 18.6. The van der Waals surface area contributed by atoms with Crippen LogP contribution in [0.1, 0.15) is 44.6 Å². The van der Waals surface area contributed by atoms with E-state index in [-0.39, 0.29) is 5.91 Å². The number of nitrogens with two attached hydrogens (primary N) is 1. The average molecular weight is 321 g/mol. The van der Waals surface area contributed by atoms with Gasteiger partial charge in [-0.25, -0.2) is 0 Å². The quantitative estimate of drug-likeness (QED) is 0.521. The third-order valence-electron chi connectivity index (χ3n) is 3.67. The maximum Gasteiger partial charge on any atom is 0.257 e. The van der Waals surface area contributed by atoms with Crippen LogP contribution in [-0.2, 0) is 4.79 Å². The van der Waals surface area contributed by atoms with Crippen molar-refractivity contribution in [1.82, 2.24) is 4.90 Å². The van der Waals surface area contributed by atoms with E-state index in [1.165, 1.54) is 37.4 Å². The molecule has 0 fully saturated rings. The van der Waals surface area contributed by atoms with Gasteiger partial charge in [-0.15, -0.1) is 11.8 Å². The Bertz CT molecular complexity index is 485. The van der Waals surface area contributed by atoms with Crippen LogP contribution in [-0.4, -0.2) is 30.7 Å². The number of rotatable bonds is 10. The number of unbranched alkanes of at least 4 members (excludes halogenated alkanes) is 4. The van der Waals surface area contributed by atoms with Gasteiger partial charge in [0, 0.05) is 13.6 Å². The van der Waals surface area contributed by atoms with E-state index in [0.717, 1.165) is 24.2 Å². The van der Waals surface area contributed by atoms with Crippen LogP contribution in [0.4, 0.5) is 0 Å². The fourth-order valence-corrected chi connectivity index (χ4v) is 3.17. The molecule has 2 N–H and O–H groups in total. The largest absolute Gasteiger partial charge is 0.373 e. The van der Waals surface area contributed by atoms with Gasteiger partial charge < -0.3 is 10.6 Å². The molecule has 0 aromatic heterocycles. The molecule has 0 bridgehead atoms. The van der Waals surface area contributed by atoms with E-state index in [2.05, 4.69) is 11.8 Å². The highest BCUT2D eigenvalue weighted by Gasteiger charge is 2.17. The predicted octanol–water partition coefficient (Wildman–Crippen LogP) is 4.11. The van der Waals surface area contributed by atoms with Crippen molar-refractivity contribution in [3.63, 3.8) is 0 Å². The highest BCUT2D eigenvalue weighted by atomic mass is 32.2. The van der Waals surface area contributed by atoms with Crippen molar-refractivity contribution >= 4 is 23.4 Å². The summed E-state index contributed by atoms with van der Waals surface area (Å²) in [5.41, 5.74) is 7.56. The van der Waals surface area contributed by atoms with Gasteiger partial charge in [-0.1, -0.05) is 62.9 Å². The molecule has 1 aromatic carbocycles. The van der Waals surface area contributed by atoms with E-state index in [0.29, 0.717) is 4.91 Å². The van der Waals surface area contributed by atoms with E-state index >= 15 is 0 Å². The van der Waals surface area contributed by atoms with Crippen LogP contribution in [0, 0.1) is 0 Å². The summed E-state index contributed by atoms with van der Waals surface area (Å²) >= 11 is 1.42. The van der Waals surface area contributed by atoms with Gasteiger partial charge in [0.1, 0.15) is 0 Å². The minimum absolute atomic E-state index is 0.357. The van der Waals surface area contributed by atoms with Crippen molar-refractivity contribution in [2.24, 2.45) is 5.73 Å². The molecule has 0 aliphatic carbocycles. The Labute approximate surface area is 139 Å². The summed E-state index contributed by atoms with van der Waals surface area (Å²) in [7, 11) is 2.04. The van der Waals surface area contributed by atoms with Gasteiger partial charge in [0.25, 0.3) is 5.91 Å². The molecule has 0 spiro atoms. The zero-order chi connectivity index (χ0) is 16.4. The zero-order valence-corrected chi connectivity index (χ0v) is 14.8. The van der Waals surface area contributed by atoms with Crippen molar-refractivity contribution in [1.29, 1.82) is 0 Å². The van der Waals surface area contributed by atoms with Crippen LogP contribution in [0.25, 0.3) is 5.70 Å². The van der Waals surface area contributed by atoms with E-state index in [4.69, 9.17) is 5.73 Å². The number of nitrogens with zero attached hydrogens (tertiary/aromatic N) is 1. The van der Waals surface area contributed by atoms with Crippen LogP contribution in [0.15, 0.2) is 35.2 Å². The highest BCUT2D eigenvalue weighted by molar-refractivity contribution is 8.03.